The molecular formula is C23H16F4N4O3. The summed E-state index contributed by atoms with van der Waals surface area (Å²) in [4.78, 5) is 24.7. The Bertz CT molecular complexity index is 1310. The maximum absolute atomic E-state index is 13.9. The van der Waals surface area contributed by atoms with E-state index in [4.69, 9.17) is 5.73 Å². The summed E-state index contributed by atoms with van der Waals surface area (Å²) in [5.41, 5.74) is 5.44. The molecule has 174 valence electrons. The van der Waals surface area contributed by atoms with Gasteiger partial charge >= 0.3 is 11.9 Å². The number of Topliss-reactive ketones (excluding diaryl/α,β-unsaturated/α-hetero) is 1. The van der Waals surface area contributed by atoms with Crippen LogP contribution >= 0.6 is 0 Å². The molecule has 2 aromatic carbocycles. The van der Waals surface area contributed by atoms with E-state index in [1.807, 2.05) is 6.07 Å². The first kappa shape index (κ1) is 23.0. The minimum Gasteiger partial charge on any atom is -0.384 e. The lowest BCUT2D eigenvalue weighted by atomic mass is 9.75. The summed E-state index contributed by atoms with van der Waals surface area (Å²) in [5.74, 6) is -2.51. The van der Waals surface area contributed by atoms with E-state index in [0.717, 1.165) is 24.3 Å². The van der Waals surface area contributed by atoms with Crippen molar-refractivity contribution in [3.8, 4) is 6.07 Å². The second-order valence-electron chi connectivity index (χ2n) is 7.83. The molecule has 0 saturated heterocycles. The van der Waals surface area contributed by atoms with Crippen LogP contribution < -0.4 is 10.6 Å². The number of carbonyl (C=O) groups is 1. The molecule has 1 aliphatic heterocycles. The molecule has 0 radical (unpaired) electrons. The zero-order chi connectivity index (χ0) is 24.8. The molecule has 2 aromatic rings. The summed E-state index contributed by atoms with van der Waals surface area (Å²) >= 11 is 0. The van der Waals surface area contributed by atoms with Crippen LogP contribution in [-0.2, 0) is 11.0 Å². The van der Waals surface area contributed by atoms with Gasteiger partial charge in [0.1, 0.15) is 5.82 Å². The number of nitrogens with two attached hydrogens (primary N) is 1. The number of benzene rings is 2. The van der Waals surface area contributed by atoms with Gasteiger partial charge in [0.15, 0.2) is 5.78 Å². The third kappa shape index (κ3) is 3.77. The number of carbonyl (C=O) groups excluding carboxylic acids is 1. The number of ketones is 1. The molecule has 1 aliphatic carbocycles. The van der Waals surface area contributed by atoms with Gasteiger partial charge in [-0.2, -0.15) is 22.8 Å². The van der Waals surface area contributed by atoms with Crippen LogP contribution in [-0.4, -0.2) is 10.7 Å². The van der Waals surface area contributed by atoms with Crippen LogP contribution in [0.1, 0.15) is 36.3 Å². The molecule has 0 saturated carbocycles. The number of hydrogen-bond acceptors (Lipinski definition) is 6. The van der Waals surface area contributed by atoms with Gasteiger partial charge in [-0.15, -0.1) is 0 Å². The number of allylic oxidation sites excluding steroid dienone is 3. The van der Waals surface area contributed by atoms with Gasteiger partial charge in [-0.05, 0) is 42.7 Å². The molecule has 0 bridgehead atoms. The lowest BCUT2D eigenvalue weighted by molar-refractivity contribution is -0.387. The first-order valence-corrected chi connectivity index (χ1v) is 10.1. The fraction of sp³-hybridized carbons (Fsp3) is 0.217. The van der Waals surface area contributed by atoms with E-state index >= 15 is 0 Å². The fourth-order valence-corrected chi connectivity index (χ4v) is 4.36. The lowest BCUT2D eigenvalue weighted by Gasteiger charge is -2.39. The van der Waals surface area contributed by atoms with Crippen molar-refractivity contribution in [2.75, 3.05) is 4.90 Å². The number of anilines is 1. The highest BCUT2D eigenvalue weighted by Gasteiger charge is 2.41. The van der Waals surface area contributed by atoms with Crippen molar-refractivity contribution in [2.45, 2.75) is 31.4 Å². The summed E-state index contributed by atoms with van der Waals surface area (Å²) in [5, 5.41) is 21.1. The molecule has 0 spiro atoms. The van der Waals surface area contributed by atoms with Crippen LogP contribution in [0.4, 0.5) is 28.9 Å². The van der Waals surface area contributed by atoms with Gasteiger partial charge in [0.25, 0.3) is 0 Å². The SMILES string of the molecule is N#CC1=C(N)N(c2ccc(F)c([N+](=O)[O-])c2)C2=C(C(=O)CCC2)C1c1ccc(C(F)(F)F)cc1. The van der Waals surface area contributed by atoms with E-state index < -0.39 is 34.1 Å². The summed E-state index contributed by atoms with van der Waals surface area (Å²) in [6.07, 6.45) is -3.64. The number of alkyl halides is 3. The minimum absolute atomic E-state index is 0.0893. The van der Waals surface area contributed by atoms with Crippen molar-refractivity contribution in [1.82, 2.24) is 0 Å². The monoisotopic (exact) mass is 472 g/mol. The van der Waals surface area contributed by atoms with Crippen molar-refractivity contribution in [3.63, 3.8) is 0 Å². The first-order valence-electron chi connectivity index (χ1n) is 10.1. The number of nitrogens with zero attached hydrogens (tertiary/aromatic N) is 3. The van der Waals surface area contributed by atoms with E-state index in [-0.39, 0.29) is 40.4 Å². The molecule has 4 rings (SSSR count). The average Bonchev–Trinajstić information content (AvgIpc) is 2.78. The summed E-state index contributed by atoms with van der Waals surface area (Å²) in [6.45, 7) is 0. The predicted molar refractivity (Wildman–Crippen MR) is 112 cm³/mol. The molecule has 11 heteroatoms. The Hall–Kier alpha value is -4.20. The Morgan fingerprint density at radius 1 is 1.15 bits per heavy atom. The van der Waals surface area contributed by atoms with Gasteiger partial charge in [-0.3, -0.25) is 19.8 Å². The predicted octanol–water partition coefficient (Wildman–Crippen LogP) is 5.06. The van der Waals surface area contributed by atoms with Gasteiger partial charge in [0.05, 0.1) is 33.7 Å². The van der Waals surface area contributed by atoms with Gasteiger partial charge in [0, 0.05) is 23.8 Å². The Kier molecular flexibility index (Phi) is 5.61. The summed E-state index contributed by atoms with van der Waals surface area (Å²) in [6, 6.07) is 9.16. The van der Waals surface area contributed by atoms with Gasteiger partial charge < -0.3 is 5.73 Å². The van der Waals surface area contributed by atoms with Gasteiger partial charge in [0.2, 0.25) is 5.82 Å². The third-order valence-corrected chi connectivity index (χ3v) is 5.87. The Morgan fingerprint density at radius 3 is 2.41 bits per heavy atom. The quantitative estimate of drug-likeness (QED) is 0.380. The molecule has 0 amide bonds. The number of nitriles is 1. The van der Waals surface area contributed by atoms with E-state index in [2.05, 4.69) is 0 Å². The second-order valence-corrected chi connectivity index (χ2v) is 7.83. The van der Waals surface area contributed by atoms with Crippen molar-refractivity contribution in [3.05, 3.63) is 92.2 Å². The molecule has 0 aromatic heterocycles. The van der Waals surface area contributed by atoms with E-state index in [9.17, 15) is 37.7 Å². The van der Waals surface area contributed by atoms with Crippen LogP contribution in [0.2, 0.25) is 0 Å². The Morgan fingerprint density at radius 2 is 1.82 bits per heavy atom. The van der Waals surface area contributed by atoms with Crippen LogP contribution in [0.15, 0.2) is 65.1 Å². The first-order chi connectivity index (χ1) is 16.0. The highest BCUT2D eigenvalue weighted by Crippen LogP contribution is 2.47. The highest BCUT2D eigenvalue weighted by molar-refractivity contribution is 6.01. The van der Waals surface area contributed by atoms with Crippen molar-refractivity contribution < 1.29 is 27.3 Å². The molecule has 1 atom stereocenters. The second kappa shape index (κ2) is 8.30. The molecule has 1 heterocycles. The van der Waals surface area contributed by atoms with Crippen molar-refractivity contribution in [1.29, 1.82) is 5.26 Å². The number of rotatable bonds is 3. The molecule has 34 heavy (non-hydrogen) atoms. The summed E-state index contributed by atoms with van der Waals surface area (Å²) < 4.78 is 53.0. The zero-order valence-corrected chi connectivity index (χ0v) is 17.4. The zero-order valence-electron chi connectivity index (χ0n) is 17.4. The van der Waals surface area contributed by atoms with Gasteiger partial charge in [-0.25, -0.2) is 0 Å². The van der Waals surface area contributed by atoms with Crippen LogP contribution in [0, 0.1) is 27.3 Å². The average molecular weight is 472 g/mol. The largest absolute Gasteiger partial charge is 0.416 e. The maximum Gasteiger partial charge on any atom is 0.416 e. The minimum atomic E-state index is -4.56. The molecule has 7 nitrogen and oxygen atoms in total. The standard InChI is InChI=1S/C23H16F4N4O3/c24-16-9-8-14(10-18(16)31(33)34)30-17-2-1-3-19(32)21(17)20(15(11-28)22(30)29)12-4-6-13(7-5-12)23(25,26)27/h4-10,20H,1-3,29H2. The van der Waals surface area contributed by atoms with Crippen molar-refractivity contribution in [2.24, 2.45) is 5.73 Å². The number of halogens is 4. The molecule has 2 aliphatic rings. The van der Waals surface area contributed by atoms with Crippen LogP contribution in [0.5, 0.6) is 0 Å². The molecule has 1 unspecified atom stereocenters. The fourth-order valence-electron chi connectivity index (χ4n) is 4.36. The van der Waals surface area contributed by atoms with Crippen LogP contribution in [0.25, 0.3) is 0 Å². The summed E-state index contributed by atoms with van der Waals surface area (Å²) in [7, 11) is 0. The number of hydrogen-bond donors (Lipinski definition) is 1. The van der Waals surface area contributed by atoms with Crippen LogP contribution in [0.3, 0.4) is 0 Å². The van der Waals surface area contributed by atoms with E-state index in [1.165, 1.54) is 23.1 Å². The maximum atomic E-state index is 13.9. The Balaban J connectivity index is 1.92. The lowest BCUT2D eigenvalue weighted by Crippen LogP contribution is -2.38. The number of nitro benzene ring substituents is 1. The van der Waals surface area contributed by atoms with Gasteiger partial charge in [-0.1, -0.05) is 12.1 Å². The smallest absolute Gasteiger partial charge is 0.384 e. The topological polar surface area (TPSA) is 113 Å². The van der Waals surface area contributed by atoms with Crippen molar-refractivity contribution >= 4 is 17.2 Å². The highest BCUT2D eigenvalue weighted by atomic mass is 19.4. The Labute approximate surface area is 190 Å². The van der Waals surface area contributed by atoms with E-state index in [0.29, 0.717) is 18.5 Å². The van der Waals surface area contributed by atoms with E-state index in [1.54, 1.807) is 0 Å². The molecular weight excluding hydrogens is 456 g/mol. The number of nitro groups is 1. The normalized spacial score (nSPS) is 18.6. The third-order valence-electron chi connectivity index (χ3n) is 5.87. The molecule has 2 N–H and O–H groups in total. The molecule has 0 fully saturated rings.